The topological polar surface area (TPSA) is 76.1 Å². The number of carbonyl (C=O) groups excluding carboxylic acids is 1. The molecule has 3 rings (SSSR count). The Bertz CT molecular complexity index is 903. The Labute approximate surface area is 152 Å². The number of amides is 1. The maximum atomic E-state index is 12.5. The second-order valence-corrected chi connectivity index (χ2v) is 5.86. The van der Waals surface area contributed by atoms with Crippen LogP contribution in [-0.4, -0.2) is 23.0 Å². The summed E-state index contributed by atoms with van der Waals surface area (Å²) in [5, 5.41) is 6.01. The molecule has 6 heteroatoms. The lowest BCUT2D eigenvalue weighted by Gasteiger charge is -2.09. The van der Waals surface area contributed by atoms with E-state index in [1.807, 2.05) is 32.0 Å². The molecule has 2 N–H and O–H groups in total. The molecule has 0 bridgehead atoms. The van der Waals surface area contributed by atoms with Crippen molar-refractivity contribution < 1.29 is 9.53 Å². The first-order valence-electron chi connectivity index (χ1n) is 8.18. The summed E-state index contributed by atoms with van der Waals surface area (Å²) in [5.74, 6) is 1.05. The molecule has 0 unspecified atom stereocenters. The van der Waals surface area contributed by atoms with Gasteiger partial charge in [0, 0.05) is 28.3 Å². The number of hydrogen-bond acceptors (Lipinski definition) is 5. The molecule has 0 aliphatic carbocycles. The summed E-state index contributed by atoms with van der Waals surface area (Å²) in [6.45, 7) is 3.83. The monoisotopic (exact) mass is 348 g/mol. The maximum Gasteiger partial charge on any atom is 0.255 e. The fourth-order valence-electron chi connectivity index (χ4n) is 2.53. The molecule has 2 aromatic carbocycles. The van der Waals surface area contributed by atoms with Gasteiger partial charge in [-0.15, -0.1) is 0 Å². The summed E-state index contributed by atoms with van der Waals surface area (Å²) in [6, 6.07) is 16.3. The van der Waals surface area contributed by atoms with Gasteiger partial charge in [-0.3, -0.25) is 4.79 Å². The van der Waals surface area contributed by atoms with Crippen LogP contribution in [0, 0.1) is 13.8 Å². The molecule has 1 amide bonds. The molecular weight excluding hydrogens is 328 g/mol. The van der Waals surface area contributed by atoms with E-state index in [0.29, 0.717) is 17.2 Å². The van der Waals surface area contributed by atoms with Gasteiger partial charge in [-0.1, -0.05) is 6.07 Å². The van der Waals surface area contributed by atoms with E-state index in [2.05, 4.69) is 20.6 Å². The van der Waals surface area contributed by atoms with Crippen molar-refractivity contribution in [2.75, 3.05) is 17.7 Å². The van der Waals surface area contributed by atoms with Crippen molar-refractivity contribution in [1.29, 1.82) is 0 Å². The Morgan fingerprint density at radius 3 is 2.27 bits per heavy atom. The number of nitrogens with zero attached hydrogens (tertiary/aromatic N) is 2. The highest BCUT2D eigenvalue weighted by atomic mass is 16.5. The van der Waals surface area contributed by atoms with Crippen LogP contribution in [0.25, 0.3) is 0 Å². The van der Waals surface area contributed by atoms with E-state index in [9.17, 15) is 4.79 Å². The summed E-state index contributed by atoms with van der Waals surface area (Å²) in [5.41, 5.74) is 3.75. The van der Waals surface area contributed by atoms with Crippen LogP contribution in [0.3, 0.4) is 0 Å². The van der Waals surface area contributed by atoms with Crippen molar-refractivity contribution in [3.8, 4) is 5.75 Å². The molecule has 1 aromatic heterocycles. The Kier molecular flexibility index (Phi) is 5.12. The van der Waals surface area contributed by atoms with Crippen molar-refractivity contribution in [1.82, 2.24) is 9.97 Å². The van der Waals surface area contributed by atoms with Crippen LogP contribution in [0.1, 0.15) is 21.7 Å². The fourth-order valence-corrected chi connectivity index (χ4v) is 2.53. The second kappa shape index (κ2) is 7.65. The van der Waals surface area contributed by atoms with Crippen LogP contribution < -0.4 is 15.4 Å². The number of nitrogens with one attached hydrogen (secondary N) is 2. The average molecular weight is 348 g/mol. The SMILES string of the molecule is COc1ccc(NC(=O)c2cccc(Nc3nc(C)cc(C)n3)c2)cc1. The molecule has 0 spiro atoms. The number of methoxy groups -OCH3 is 1. The Morgan fingerprint density at radius 2 is 1.62 bits per heavy atom. The van der Waals surface area contributed by atoms with E-state index in [1.54, 1.807) is 43.5 Å². The normalized spacial score (nSPS) is 10.3. The highest BCUT2D eigenvalue weighted by Crippen LogP contribution is 2.18. The zero-order valence-corrected chi connectivity index (χ0v) is 14.9. The molecule has 1 heterocycles. The molecule has 0 aliphatic rings. The molecule has 0 saturated carbocycles. The van der Waals surface area contributed by atoms with Crippen LogP contribution in [0.2, 0.25) is 0 Å². The predicted molar refractivity (Wildman–Crippen MR) is 102 cm³/mol. The number of hydrogen-bond donors (Lipinski definition) is 2. The van der Waals surface area contributed by atoms with Gasteiger partial charge in [0.2, 0.25) is 5.95 Å². The number of ether oxygens (including phenoxy) is 1. The minimum atomic E-state index is -0.194. The summed E-state index contributed by atoms with van der Waals surface area (Å²) >= 11 is 0. The first kappa shape index (κ1) is 17.4. The minimum absolute atomic E-state index is 0.194. The summed E-state index contributed by atoms with van der Waals surface area (Å²) in [6.07, 6.45) is 0. The molecule has 3 aromatic rings. The zero-order valence-electron chi connectivity index (χ0n) is 14.9. The van der Waals surface area contributed by atoms with Gasteiger partial charge in [0.05, 0.1) is 7.11 Å². The molecule has 0 radical (unpaired) electrons. The standard InChI is InChI=1S/C20H20N4O2/c1-13-11-14(2)22-20(21-13)24-17-6-4-5-15(12-17)19(25)23-16-7-9-18(26-3)10-8-16/h4-12H,1-3H3,(H,23,25)(H,21,22,24). The molecule has 0 saturated heterocycles. The van der Waals surface area contributed by atoms with Crippen LogP contribution in [0.5, 0.6) is 5.75 Å². The smallest absolute Gasteiger partial charge is 0.255 e. The summed E-state index contributed by atoms with van der Waals surface area (Å²) in [7, 11) is 1.60. The quantitative estimate of drug-likeness (QED) is 0.726. The molecule has 26 heavy (non-hydrogen) atoms. The van der Waals surface area contributed by atoms with Crippen molar-refractivity contribution >= 4 is 23.2 Å². The highest BCUT2D eigenvalue weighted by Gasteiger charge is 2.08. The Hall–Kier alpha value is -3.41. The predicted octanol–water partition coefficient (Wildman–Crippen LogP) is 4.10. The molecule has 132 valence electrons. The first-order chi connectivity index (χ1) is 12.5. The van der Waals surface area contributed by atoms with Gasteiger partial charge in [0.25, 0.3) is 5.91 Å². The third-order valence-corrected chi connectivity index (χ3v) is 3.71. The maximum absolute atomic E-state index is 12.5. The van der Waals surface area contributed by atoms with Gasteiger partial charge in [-0.2, -0.15) is 0 Å². The number of benzene rings is 2. The lowest BCUT2D eigenvalue weighted by atomic mass is 10.2. The van der Waals surface area contributed by atoms with Gasteiger partial charge < -0.3 is 15.4 Å². The largest absolute Gasteiger partial charge is 0.497 e. The van der Waals surface area contributed by atoms with Crippen molar-refractivity contribution in [2.24, 2.45) is 0 Å². The molecule has 0 aliphatic heterocycles. The third kappa shape index (κ3) is 4.36. The molecule has 6 nitrogen and oxygen atoms in total. The zero-order chi connectivity index (χ0) is 18.5. The van der Waals surface area contributed by atoms with Gasteiger partial charge in [-0.25, -0.2) is 9.97 Å². The first-order valence-corrected chi connectivity index (χ1v) is 8.18. The van der Waals surface area contributed by atoms with Crippen LogP contribution in [-0.2, 0) is 0 Å². The van der Waals surface area contributed by atoms with Crippen LogP contribution >= 0.6 is 0 Å². The Balaban J connectivity index is 1.74. The number of aryl methyl sites for hydroxylation is 2. The average Bonchev–Trinajstić information content (AvgIpc) is 2.61. The van der Waals surface area contributed by atoms with E-state index in [4.69, 9.17) is 4.74 Å². The number of aromatic nitrogens is 2. The molecule has 0 fully saturated rings. The van der Waals surface area contributed by atoms with Crippen LogP contribution in [0.15, 0.2) is 54.6 Å². The van der Waals surface area contributed by atoms with Gasteiger partial charge >= 0.3 is 0 Å². The summed E-state index contributed by atoms with van der Waals surface area (Å²) in [4.78, 5) is 21.2. The number of carbonyl (C=O) groups is 1. The van der Waals surface area contributed by atoms with Crippen LogP contribution in [0.4, 0.5) is 17.3 Å². The fraction of sp³-hybridized carbons (Fsp3) is 0.150. The van der Waals surface area contributed by atoms with E-state index >= 15 is 0 Å². The molecule has 0 atom stereocenters. The minimum Gasteiger partial charge on any atom is -0.497 e. The summed E-state index contributed by atoms with van der Waals surface area (Å²) < 4.78 is 5.12. The lowest BCUT2D eigenvalue weighted by Crippen LogP contribution is -2.12. The number of anilines is 3. The van der Waals surface area contributed by atoms with E-state index in [1.165, 1.54) is 0 Å². The van der Waals surface area contributed by atoms with Crippen molar-refractivity contribution in [3.63, 3.8) is 0 Å². The number of rotatable bonds is 5. The van der Waals surface area contributed by atoms with Crippen molar-refractivity contribution in [3.05, 3.63) is 71.5 Å². The third-order valence-electron chi connectivity index (χ3n) is 3.71. The second-order valence-electron chi connectivity index (χ2n) is 5.86. The van der Waals surface area contributed by atoms with Gasteiger partial charge in [0.15, 0.2) is 0 Å². The van der Waals surface area contributed by atoms with Gasteiger partial charge in [-0.05, 0) is 62.4 Å². The lowest BCUT2D eigenvalue weighted by molar-refractivity contribution is 0.102. The van der Waals surface area contributed by atoms with E-state index < -0.39 is 0 Å². The Morgan fingerprint density at radius 1 is 0.923 bits per heavy atom. The van der Waals surface area contributed by atoms with E-state index in [0.717, 1.165) is 22.8 Å². The highest BCUT2D eigenvalue weighted by molar-refractivity contribution is 6.04. The molecular formula is C20H20N4O2. The van der Waals surface area contributed by atoms with E-state index in [-0.39, 0.29) is 5.91 Å². The van der Waals surface area contributed by atoms with Gasteiger partial charge in [0.1, 0.15) is 5.75 Å². The van der Waals surface area contributed by atoms with Crippen molar-refractivity contribution in [2.45, 2.75) is 13.8 Å².